The minimum Gasteiger partial charge on any atom is -0.466 e. The van der Waals surface area contributed by atoms with Gasteiger partial charge in [0.1, 0.15) is 18.4 Å². The van der Waals surface area contributed by atoms with E-state index in [2.05, 4.69) is 10.2 Å². The molecular formula is C17H22ClN3O3. The average Bonchev–Trinajstić information content (AvgIpc) is 2.98. The first-order chi connectivity index (χ1) is 11.1. The lowest BCUT2D eigenvalue weighted by atomic mass is 9.76. The zero-order valence-electron chi connectivity index (χ0n) is 14.5. The molecule has 130 valence electrons. The van der Waals surface area contributed by atoms with Crippen LogP contribution < -0.4 is 4.74 Å². The highest BCUT2D eigenvalue weighted by Crippen LogP contribution is 2.43. The molecule has 0 radical (unpaired) electrons. The maximum absolute atomic E-state index is 11.7. The molecule has 7 heteroatoms. The van der Waals surface area contributed by atoms with Crippen LogP contribution in [0.15, 0.2) is 36.9 Å². The van der Waals surface area contributed by atoms with Crippen molar-refractivity contribution in [3.8, 4) is 5.75 Å². The Hall–Kier alpha value is -2.08. The first-order valence-corrected chi connectivity index (χ1v) is 7.97. The zero-order chi connectivity index (χ0) is 18.0. The molecule has 2 aromatic rings. The number of carbonyl (C=O) groups is 1. The SMILES string of the molecule is CC(=O)OC(C)(C(Oc1ccc(Cl)cc1)n1cnnc1)C(C)(C)C. The van der Waals surface area contributed by atoms with Crippen molar-refractivity contribution in [2.75, 3.05) is 0 Å². The van der Waals surface area contributed by atoms with Gasteiger partial charge in [-0.15, -0.1) is 10.2 Å². The van der Waals surface area contributed by atoms with Gasteiger partial charge in [0.2, 0.25) is 6.23 Å². The van der Waals surface area contributed by atoms with Crippen LogP contribution in [0.5, 0.6) is 5.75 Å². The molecule has 2 rings (SSSR count). The maximum Gasteiger partial charge on any atom is 0.303 e. The van der Waals surface area contributed by atoms with Crippen LogP contribution in [-0.2, 0) is 9.53 Å². The molecule has 0 fully saturated rings. The van der Waals surface area contributed by atoms with Crippen molar-refractivity contribution < 1.29 is 14.3 Å². The van der Waals surface area contributed by atoms with E-state index in [1.165, 1.54) is 19.6 Å². The fraction of sp³-hybridized carbons (Fsp3) is 0.471. The standard InChI is InChI=1S/C17H22ClN3O3/c1-12(22)24-17(5,16(2,3)4)15(21-10-19-20-11-21)23-14-8-6-13(18)7-9-14/h6-11,15H,1-5H3. The lowest BCUT2D eigenvalue weighted by Crippen LogP contribution is -2.52. The van der Waals surface area contributed by atoms with Gasteiger partial charge in [0.25, 0.3) is 0 Å². The van der Waals surface area contributed by atoms with Crippen LogP contribution in [0.2, 0.25) is 5.02 Å². The monoisotopic (exact) mass is 351 g/mol. The number of carbonyl (C=O) groups excluding carboxylic acids is 1. The summed E-state index contributed by atoms with van der Waals surface area (Å²) in [5, 5.41) is 8.30. The number of aromatic nitrogens is 3. The maximum atomic E-state index is 11.7. The van der Waals surface area contributed by atoms with Crippen LogP contribution in [0, 0.1) is 5.41 Å². The molecule has 1 heterocycles. The van der Waals surface area contributed by atoms with Gasteiger partial charge in [0.05, 0.1) is 0 Å². The second kappa shape index (κ2) is 6.81. The predicted molar refractivity (Wildman–Crippen MR) is 90.8 cm³/mol. The molecule has 1 aromatic heterocycles. The summed E-state index contributed by atoms with van der Waals surface area (Å²) in [4.78, 5) is 11.7. The quantitative estimate of drug-likeness (QED) is 0.765. The van der Waals surface area contributed by atoms with Crippen LogP contribution >= 0.6 is 11.6 Å². The third kappa shape index (κ3) is 3.87. The Labute approximate surface area is 146 Å². The summed E-state index contributed by atoms with van der Waals surface area (Å²) in [6, 6.07) is 6.99. The predicted octanol–water partition coefficient (Wildman–Crippen LogP) is 3.88. The molecule has 2 atom stereocenters. The minimum absolute atomic E-state index is 0.384. The second-order valence-corrected chi connectivity index (χ2v) is 7.22. The fourth-order valence-corrected chi connectivity index (χ4v) is 2.43. The molecule has 0 amide bonds. The smallest absolute Gasteiger partial charge is 0.303 e. The fourth-order valence-electron chi connectivity index (χ4n) is 2.30. The molecule has 0 spiro atoms. The van der Waals surface area contributed by atoms with Gasteiger partial charge in [-0.1, -0.05) is 32.4 Å². The molecule has 0 saturated heterocycles. The molecule has 0 aliphatic heterocycles. The molecule has 0 aliphatic rings. The van der Waals surface area contributed by atoms with Gasteiger partial charge in [-0.05, 0) is 31.2 Å². The van der Waals surface area contributed by atoms with E-state index in [-0.39, 0.29) is 5.97 Å². The van der Waals surface area contributed by atoms with E-state index in [4.69, 9.17) is 21.1 Å². The Kier molecular flexibility index (Phi) is 5.18. The van der Waals surface area contributed by atoms with E-state index in [1.807, 2.05) is 27.7 Å². The zero-order valence-corrected chi connectivity index (χ0v) is 15.2. The van der Waals surface area contributed by atoms with Crippen molar-refractivity contribution in [2.45, 2.75) is 46.4 Å². The number of esters is 1. The van der Waals surface area contributed by atoms with Gasteiger partial charge in [-0.3, -0.25) is 9.36 Å². The van der Waals surface area contributed by atoms with Gasteiger partial charge < -0.3 is 9.47 Å². The molecule has 2 unspecified atom stereocenters. The number of hydrogen-bond acceptors (Lipinski definition) is 5. The summed E-state index contributed by atoms with van der Waals surface area (Å²) in [5.41, 5.74) is -1.39. The van der Waals surface area contributed by atoms with E-state index < -0.39 is 17.2 Å². The lowest BCUT2D eigenvalue weighted by molar-refractivity contribution is -0.197. The normalized spacial score (nSPS) is 15.4. The van der Waals surface area contributed by atoms with Crippen LogP contribution in [0.25, 0.3) is 0 Å². The molecule has 0 bridgehead atoms. The minimum atomic E-state index is -0.971. The summed E-state index contributed by atoms with van der Waals surface area (Å²) >= 11 is 5.93. The number of hydrogen-bond donors (Lipinski definition) is 0. The van der Waals surface area contributed by atoms with Gasteiger partial charge >= 0.3 is 5.97 Å². The topological polar surface area (TPSA) is 66.2 Å². The van der Waals surface area contributed by atoms with Gasteiger partial charge in [0, 0.05) is 17.4 Å². The van der Waals surface area contributed by atoms with E-state index in [9.17, 15) is 4.79 Å². The molecule has 1 aromatic carbocycles. The van der Waals surface area contributed by atoms with Crippen molar-refractivity contribution in [3.05, 3.63) is 41.9 Å². The number of halogens is 1. The highest BCUT2D eigenvalue weighted by Gasteiger charge is 2.50. The number of rotatable bonds is 5. The van der Waals surface area contributed by atoms with Crippen LogP contribution in [0.1, 0.15) is 40.8 Å². The average molecular weight is 352 g/mol. The summed E-state index contributed by atoms with van der Waals surface area (Å²) in [7, 11) is 0. The molecule has 24 heavy (non-hydrogen) atoms. The molecular weight excluding hydrogens is 330 g/mol. The van der Waals surface area contributed by atoms with E-state index >= 15 is 0 Å². The lowest BCUT2D eigenvalue weighted by Gasteiger charge is -2.45. The van der Waals surface area contributed by atoms with Gasteiger partial charge in [-0.2, -0.15) is 0 Å². The number of nitrogens with zero attached hydrogens (tertiary/aromatic N) is 3. The first kappa shape index (κ1) is 18.3. The van der Waals surface area contributed by atoms with E-state index in [1.54, 1.807) is 28.8 Å². The summed E-state index contributed by atoms with van der Waals surface area (Å²) in [6.45, 7) is 9.18. The van der Waals surface area contributed by atoms with Crippen molar-refractivity contribution in [1.29, 1.82) is 0 Å². The molecule has 0 saturated carbocycles. The van der Waals surface area contributed by atoms with Crippen molar-refractivity contribution in [3.63, 3.8) is 0 Å². The highest BCUT2D eigenvalue weighted by atomic mass is 35.5. The number of benzene rings is 1. The summed E-state index contributed by atoms with van der Waals surface area (Å²) < 4.78 is 13.6. The molecule has 0 aliphatic carbocycles. The van der Waals surface area contributed by atoms with Gasteiger partial charge in [-0.25, -0.2) is 0 Å². The summed E-state index contributed by atoms with van der Waals surface area (Å²) in [6.07, 6.45) is 2.42. The Morgan fingerprint density at radius 1 is 1.12 bits per heavy atom. The molecule has 6 nitrogen and oxygen atoms in total. The Balaban J connectivity index is 2.47. The third-order valence-electron chi connectivity index (χ3n) is 4.08. The van der Waals surface area contributed by atoms with Crippen molar-refractivity contribution in [1.82, 2.24) is 14.8 Å². The van der Waals surface area contributed by atoms with Crippen LogP contribution in [0.3, 0.4) is 0 Å². The third-order valence-corrected chi connectivity index (χ3v) is 4.34. The first-order valence-electron chi connectivity index (χ1n) is 7.59. The van der Waals surface area contributed by atoms with Crippen LogP contribution in [0.4, 0.5) is 0 Å². The Bertz CT molecular complexity index is 680. The van der Waals surface area contributed by atoms with Crippen molar-refractivity contribution >= 4 is 17.6 Å². The van der Waals surface area contributed by atoms with E-state index in [0.717, 1.165) is 0 Å². The highest BCUT2D eigenvalue weighted by molar-refractivity contribution is 6.30. The Morgan fingerprint density at radius 3 is 2.12 bits per heavy atom. The molecule has 0 N–H and O–H groups in total. The number of ether oxygens (including phenoxy) is 2. The Morgan fingerprint density at radius 2 is 1.67 bits per heavy atom. The largest absolute Gasteiger partial charge is 0.466 e. The van der Waals surface area contributed by atoms with Crippen LogP contribution in [-0.4, -0.2) is 26.3 Å². The van der Waals surface area contributed by atoms with E-state index in [0.29, 0.717) is 10.8 Å². The summed E-state index contributed by atoms with van der Waals surface area (Å²) in [5.74, 6) is 0.214. The van der Waals surface area contributed by atoms with Crippen molar-refractivity contribution in [2.24, 2.45) is 5.41 Å². The van der Waals surface area contributed by atoms with Gasteiger partial charge in [0.15, 0.2) is 5.60 Å². The second-order valence-electron chi connectivity index (χ2n) is 6.78.